The van der Waals surface area contributed by atoms with Gasteiger partial charge in [-0.2, -0.15) is 0 Å². The van der Waals surface area contributed by atoms with Crippen LogP contribution in [0.1, 0.15) is 32.4 Å². The predicted octanol–water partition coefficient (Wildman–Crippen LogP) is 2.21. The van der Waals surface area contributed by atoms with Gasteiger partial charge in [0.25, 0.3) is 0 Å². The predicted molar refractivity (Wildman–Crippen MR) is 81.6 cm³/mol. The highest BCUT2D eigenvalue weighted by atomic mass is 16.5. The lowest BCUT2D eigenvalue weighted by atomic mass is 10.1. The molecule has 1 aromatic carbocycles. The van der Waals surface area contributed by atoms with Crippen molar-refractivity contribution >= 4 is 5.91 Å². The van der Waals surface area contributed by atoms with Gasteiger partial charge in [-0.05, 0) is 38.5 Å². The number of aliphatic hydroxyl groups excluding tert-OH is 1. The second-order valence-corrected chi connectivity index (χ2v) is 4.39. The minimum absolute atomic E-state index is 0.153. The second kappa shape index (κ2) is 9.02. The van der Waals surface area contributed by atoms with Crippen LogP contribution in [-0.2, 0) is 4.79 Å². The smallest absolute Gasteiger partial charge is 0.244 e. The lowest BCUT2D eigenvalue weighted by Crippen LogP contribution is -2.24. The van der Waals surface area contributed by atoms with Crippen molar-refractivity contribution in [3.8, 4) is 11.5 Å². The molecular formula is C16H23NO4. The molecule has 0 aliphatic heterocycles. The topological polar surface area (TPSA) is 67.8 Å². The summed E-state index contributed by atoms with van der Waals surface area (Å²) in [6, 6.07) is 5.44. The van der Waals surface area contributed by atoms with E-state index in [0.717, 1.165) is 5.56 Å². The van der Waals surface area contributed by atoms with Gasteiger partial charge < -0.3 is 19.9 Å². The van der Waals surface area contributed by atoms with Crippen LogP contribution >= 0.6 is 0 Å². The molecule has 1 amide bonds. The number of hydrogen-bond acceptors (Lipinski definition) is 4. The first-order valence-electron chi connectivity index (χ1n) is 7.09. The standard InChI is InChI=1S/C16H23NO4/c1-4-20-14-9-8-13(11-15(14)21-5-2)12(3)17-16(19)7-6-10-18/h6-9,11-12,18H,4-5,10H2,1-3H3,(H,17,19)/b7-6+. The van der Waals surface area contributed by atoms with Crippen molar-refractivity contribution in [3.63, 3.8) is 0 Å². The maximum absolute atomic E-state index is 11.6. The number of benzene rings is 1. The number of ether oxygens (including phenoxy) is 2. The summed E-state index contributed by atoms with van der Waals surface area (Å²) in [5.41, 5.74) is 0.924. The fourth-order valence-corrected chi connectivity index (χ4v) is 1.84. The number of nitrogens with one attached hydrogen (secondary N) is 1. The van der Waals surface area contributed by atoms with E-state index in [2.05, 4.69) is 5.32 Å². The van der Waals surface area contributed by atoms with Gasteiger partial charge in [-0.1, -0.05) is 12.1 Å². The van der Waals surface area contributed by atoms with E-state index in [1.54, 1.807) is 0 Å². The van der Waals surface area contributed by atoms with E-state index in [1.807, 2.05) is 39.0 Å². The Morgan fingerprint density at radius 3 is 2.57 bits per heavy atom. The Bertz CT molecular complexity index is 485. The fraction of sp³-hybridized carbons (Fsp3) is 0.438. The highest BCUT2D eigenvalue weighted by Gasteiger charge is 2.12. The van der Waals surface area contributed by atoms with Crippen LogP contribution in [0.25, 0.3) is 0 Å². The van der Waals surface area contributed by atoms with Gasteiger partial charge in [0, 0.05) is 6.08 Å². The lowest BCUT2D eigenvalue weighted by molar-refractivity contribution is -0.117. The molecule has 0 radical (unpaired) electrons. The van der Waals surface area contributed by atoms with E-state index in [9.17, 15) is 4.79 Å². The maximum atomic E-state index is 11.6. The van der Waals surface area contributed by atoms with Gasteiger partial charge in [-0.15, -0.1) is 0 Å². The first-order valence-corrected chi connectivity index (χ1v) is 7.09. The molecule has 0 spiro atoms. The van der Waals surface area contributed by atoms with Gasteiger partial charge in [0.05, 0.1) is 25.9 Å². The van der Waals surface area contributed by atoms with Crippen LogP contribution in [0.3, 0.4) is 0 Å². The van der Waals surface area contributed by atoms with Gasteiger partial charge >= 0.3 is 0 Å². The van der Waals surface area contributed by atoms with Crippen molar-refractivity contribution in [1.29, 1.82) is 0 Å². The van der Waals surface area contributed by atoms with Gasteiger partial charge in [-0.25, -0.2) is 0 Å². The van der Waals surface area contributed by atoms with Crippen molar-refractivity contribution in [3.05, 3.63) is 35.9 Å². The molecule has 0 fully saturated rings. The molecule has 0 bridgehead atoms. The molecule has 1 atom stereocenters. The third-order valence-corrected chi connectivity index (χ3v) is 2.80. The van der Waals surface area contributed by atoms with Gasteiger partial charge in [-0.3, -0.25) is 4.79 Å². The van der Waals surface area contributed by atoms with Crippen molar-refractivity contribution in [2.45, 2.75) is 26.8 Å². The number of aliphatic hydroxyl groups is 1. The summed E-state index contributed by atoms with van der Waals surface area (Å²) in [5, 5.41) is 11.5. The molecule has 1 rings (SSSR count). The van der Waals surface area contributed by atoms with Crippen molar-refractivity contribution in [1.82, 2.24) is 5.32 Å². The van der Waals surface area contributed by atoms with Crippen LogP contribution in [0.15, 0.2) is 30.4 Å². The Kier molecular flexibility index (Phi) is 7.32. The maximum Gasteiger partial charge on any atom is 0.244 e. The lowest BCUT2D eigenvalue weighted by Gasteiger charge is -2.16. The number of carbonyl (C=O) groups is 1. The summed E-state index contributed by atoms with van der Waals surface area (Å²) >= 11 is 0. The molecule has 5 heteroatoms. The molecule has 116 valence electrons. The minimum atomic E-state index is -0.247. The first kappa shape index (κ1) is 17.0. The highest BCUT2D eigenvalue weighted by Crippen LogP contribution is 2.30. The summed E-state index contributed by atoms with van der Waals surface area (Å²) in [5.74, 6) is 1.12. The average molecular weight is 293 g/mol. The molecular weight excluding hydrogens is 270 g/mol. The van der Waals surface area contributed by atoms with Crippen molar-refractivity contribution in [2.75, 3.05) is 19.8 Å². The number of carbonyl (C=O) groups excluding carboxylic acids is 1. The fourth-order valence-electron chi connectivity index (χ4n) is 1.84. The second-order valence-electron chi connectivity index (χ2n) is 4.39. The summed E-state index contributed by atoms with van der Waals surface area (Å²) in [6.45, 7) is 6.67. The summed E-state index contributed by atoms with van der Waals surface area (Å²) in [4.78, 5) is 11.6. The van der Waals surface area contributed by atoms with E-state index >= 15 is 0 Å². The van der Waals surface area contributed by atoms with E-state index in [0.29, 0.717) is 24.7 Å². The van der Waals surface area contributed by atoms with E-state index in [-0.39, 0.29) is 18.6 Å². The normalized spacial score (nSPS) is 12.2. The molecule has 5 nitrogen and oxygen atoms in total. The number of amides is 1. The van der Waals surface area contributed by atoms with Crippen molar-refractivity contribution < 1.29 is 19.4 Å². The van der Waals surface area contributed by atoms with Gasteiger partial charge in [0.15, 0.2) is 11.5 Å². The molecule has 0 saturated carbocycles. The number of hydrogen-bond donors (Lipinski definition) is 2. The summed E-state index contributed by atoms with van der Waals surface area (Å²) in [6.07, 6.45) is 2.71. The molecule has 0 aromatic heterocycles. The Morgan fingerprint density at radius 1 is 1.29 bits per heavy atom. The zero-order valence-corrected chi connectivity index (χ0v) is 12.8. The minimum Gasteiger partial charge on any atom is -0.490 e. The van der Waals surface area contributed by atoms with Crippen LogP contribution in [0.2, 0.25) is 0 Å². The number of rotatable bonds is 8. The van der Waals surface area contributed by atoms with Crippen LogP contribution in [0.4, 0.5) is 0 Å². The summed E-state index contributed by atoms with van der Waals surface area (Å²) < 4.78 is 11.1. The zero-order chi connectivity index (χ0) is 15.7. The van der Waals surface area contributed by atoms with Crippen LogP contribution in [0.5, 0.6) is 11.5 Å². The molecule has 1 aromatic rings. The van der Waals surface area contributed by atoms with E-state index < -0.39 is 0 Å². The molecule has 0 aliphatic rings. The molecule has 0 heterocycles. The highest BCUT2D eigenvalue weighted by molar-refractivity contribution is 5.87. The Labute approximate surface area is 125 Å². The van der Waals surface area contributed by atoms with Gasteiger partial charge in [0.1, 0.15) is 0 Å². The largest absolute Gasteiger partial charge is 0.490 e. The molecule has 0 saturated heterocycles. The summed E-state index contributed by atoms with van der Waals surface area (Å²) in [7, 11) is 0. The Morgan fingerprint density at radius 2 is 1.95 bits per heavy atom. The third-order valence-electron chi connectivity index (χ3n) is 2.80. The Balaban J connectivity index is 2.84. The van der Waals surface area contributed by atoms with Crippen LogP contribution < -0.4 is 14.8 Å². The van der Waals surface area contributed by atoms with Crippen molar-refractivity contribution in [2.24, 2.45) is 0 Å². The Hall–Kier alpha value is -2.01. The third kappa shape index (κ3) is 5.47. The SMILES string of the molecule is CCOc1ccc(C(C)NC(=O)/C=C/CO)cc1OCC. The van der Waals surface area contributed by atoms with Crippen LogP contribution in [-0.4, -0.2) is 30.8 Å². The van der Waals surface area contributed by atoms with Gasteiger partial charge in [0.2, 0.25) is 5.91 Å². The van der Waals surface area contributed by atoms with E-state index in [4.69, 9.17) is 14.6 Å². The molecule has 2 N–H and O–H groups in total. The quantitative estimate of drug-likeness (QED) is 0.721. The molecule has 1 unspecified atom stereocenters. The van der Waals surface area contributed by atoms with Crippen LogP contribution in [0, 0.1) is 0 Å². The average Bonchev–Trinajstić information content (AvgIpc) is 2.47. The molecule has 0 aliphatic carbocycles. The monoisotopic (exact) mass is 293 g/mol. The first-order chi connectivity index (χ1) is 10.1. The van der Waals surface area contributed by atoms with E-state index in [1.165, 1.54) is 12.2 Å². The zero-order valence-electron chi connectivity index (χ0n) is 12.8. The molecule has 21 heavy (non-hydrogen) atoms.